The Morgan fingerprint density at radius 1 is 1.21 bits per heavy atom. The molecule has 1 atom stereocenters. The summed E-state index contributed by atoms with van der Waals surface area (Å²) in [5, 5.41) is 5.90. The Morgan fingerprint density at radius 3 is 2.42 bits per heavy atom. The Balaban J connectivity index is 1.75. The van der Waals surface area contributed by atoms with Crippen molar-refractivity contribution in [3.63, 3.8) is 0 Å². The molecule has 132 valence electrons. The molecule has 3 amide bonds. The number of hydrogen-bond donors (Lipinski definition) is 3. The van der Waals surface area contributed by atoms with Gasteiger partial charge in [0.15, 0.2) is 0 Å². The average Bonchev–Trinajstić information content (AvgIpc) is 2.55. The molecule has 0 aliphatic carbocycles. The molecule has 1 fully saturated rings. The van der Waals surface area contributed by atoms with Crippen molar-refractivity contribution in [1.82, 2.24) is 10.2 Å². The number of nitrogens with zero attached hydrogens (tertiary/aromatic N) is 1. The van der Waals surface area contributed by atoms with Gasteiger partial charge in [-0.3, -0.25) is 4.79 Å². The molecule has 1 aromatic carbocycles. The van der Waals surface area contributed by atoms with Crippen LogP contribution in [0.5, 0.6) is 0 Å². The molecule has 0 saturated carbocycles. The van der Waals surface area contributed by atoms with Gasteiger partial charge in [-0.25, -0.2) is 4.79 Å². The summed E-state index contributed by atoms with van der Waals surface area (Å²) >= 11 is 0. The number of piperidine rings is 1. The third-order valence-corrected chi connectivity index (χ3v) is 4.22. The zero-order chi connectivity index (χ0) is 17.5. The lowest BCUT2D eigenvalue weighted by Gasteiger charge is -2.33. The van der Waals surface area contributed by atoms with Gasteiger partial charge < -0.3 is 21.3 Å². The van der Waals surface area contributed by atoms with Crippen LogP contribution in [0, 0.1) is 5.92 Å². The Bertz CT molecular complexity index is 539. The number of rotatable bonds is 5. The van der Waals surface area contributed by atoms with E-state index in [4.69, 9.17) is 5.73 Å². The summed E-state index contributed by atoms with van der Waals surface area (Å²) in [6, 6.07) is 8.95. The molecule has 1 heterocycles. The van der Waals surface area contributed by atoms with E-state index in [-0.39, 0.29) is 18.0 Å². The SMILES string of the molecule is CC(C)C[C@H](N)C(=O)NC1CCN(C(=O)Nc2ccccc2)CC1. The van der Waals surface area contributed by atoms with Gasteiger partial charge in [-0.15, -0.1) is 0 Å². The van der Waals surface area contributed by atoms with Crippen LogP contribution >= 0.6 is 0 Å². The van der Waals surface area contributed by atoms with Gasteiger partial charge in [0, 0.05) is 24.8 Å². The lowest BCUT2D eigenvalue weighted by molar-refractivity contribution is -0.123. The zero-order valence-electron chi connectivity index (χ0n) is 14.5. The van der Waals surface area contributed by atoms with Crippen molar-refractivity contribution in [2.45, 2.75) is 45.2 Å². The van der Waals surface area contributed by atoms with Gasteiger partial charge in [-0.1, -0.05) is 32.0 Å². The predicted octanol–water partition coefficient (Wildman–Crippen LogP) is 2.17. The summed E-state index contributed by atoms with van der Waals surface area (Å²) in [5.41, 5.74) is 6.70. The fraction of sp³-hybridized carbons (Fsp3) is 0.556. The fourth-order valence-corrected chi connectivity index (χ4v) is 2.87. The quantitative estimate of drug-likeness (QED) is 0.772. The summed E-state index contributed by atoms with van der Waals surface area (Å²) in [4.78, 5) is 26.1. The second kappa shape index (κ2) is 8.68. The number of benzene rings is 1. The third kappa shape index (κ3) is 5.53. The second-order valence-corrected chi connectivity index (χ2v) is 6.80. The Morgan fingerprint density at radius 2 is 1.83 bits per heavy atom. The molecular weight excluding hydrogens is 304 g/mol. The zero-order valence-corrected chi connectivity index (χ0v) is 14.5. The van der Waals surface area contributed by atoms with Gasteiger partial charge in [0.1, 0.15) is 0 Å². The maximum Gasteiger partial charge on any atom is 0.321 e. The molecule has 1 aliphatic rings. The molecule has 24 heavy (non-hydrogen) atoms. The number of carbonyl (C=O) groups is 2. The normalized spacial score (nSPS) is 16.8. The lowest BCUT2D eigenvalue weighted by Crippen LogP contribution is -2.51. The number of amides is 3. The van der Waals surface area contributed by atoms with Gasteiger partial charge in [0.25, 0.3) is 0 Å². The number of urea groups is 1. The standard InChI is InChI=1S/C18H28N4O2/c1-13(2)12-16(19)17(23)20-15-8-10-22(11-9-15)18(24)21-14-6-4-3-5-7-14/h3-7,13,15-16H,8-12,19H2,1-2H3,(H,20,23)(H,21,24)/t16-/m0/s1. The van der Waals surface area contributed by atoms with Crippen LogP contribution in [0.1, 0.15) is 33.1 Å². The number of hydrogen-bond acceptors (Lipinski definition) is 3. The molecular formula is C18H28N4O2. The van der Waals surface area contributed by atoms with Crippen LogP contribution in [-0.4, -0.2) is 42.0 Å². The van der Waals surface area contributed by atoms with Crippen LogP contribution in [0.3, 0.4) is 0 Å². The number of nitrogens with two attached hydrogens (primary N) is 1. The van der Waals surface area contributed by atoms with Gasteiger partial charge in [-0.05, 0) is 37.3 Å². The van der Waals surface area contributed by atoms with Crippen LogP contribution in [0.25, 0.3) is 0 Å². The first-order valence-electron chi connectivity index (χ1n) is 8.62. The molecule has 1 saturated heterocycles. The van der Waals surface area contributed by atoms with E-state index in [1.807, 2.05) is 30.3 Å². The lowest BCUT2D eigenvalue weighted by atomic mass is 10.0. The molecule has 6 nitrogen and oxygen atoms in total. The monoisotopic (exact) mass is 332 g/mol. The largest absolute Gasteiger partial charge is 0.352 e. The molecule has 6 heteroatoms. The smallest absolute Gasteiger partial charge is 0.321 e. The first-order chi connectivity index (χ1) is 11.5. The van der Waals surface area contributed by atoms with Crippen molar-refractivity contribution < 1.29 is 9.59 Å². The molecule has 2 rings (SSSR count). The third-order valence-electron chi connectivity index (χ3n) is 4.22. The maximum atomic E-state index is 12.2. The topological polar surface area (TPSA) is 87.5 Å². The Labute approximate surface area is 143 Å². The number of nitrogens with one attached hydrogen (secondary N) is 2. The molecule has 0 unspecified atom stereocenters. The highest BCUT2D eigenvalue weighted by Crippen LogP contribution is 2.14. The highest BCUT2D eigenvalue weighted by Gasteiger charge is 2.25. The minimum absolute atomic E-state index is 0.0871. The van der Waals surface area contributed by atoms with Crippen LogP contribution < -0.4 is 16.4 Å². The molecule has 0 radical (unpaired) electrons. The van der Waals surface area contributed by atoms with E-state index in [2.05, 4.69) is 24.5 Å². The van der Waals surface area contributed by atoms with Crippen molar-refractivity contribution in [1.29, 1.82) is 0 Å². The van der Waals surface area contributed by atoms with Crippen LogP contribution in [0.15, 0.2) is 30.3 Å². The van der Waals surface area contributed by atoms with E-state index in [0.29, 0.717) is 25.4 Å². The van der Waals surface area contributed by atoms with Gasteiger partial charge in [0.2, 0.25) is 5.91 Å². The summed E-state index contributed by atoms with van der Waals surface area (Å²) in [7, 11) is 0. The van der Waals surface area contributed by atoms with E-state index in [0.717, 1.165) is 18.5 Å². The van der Waals surface area contributed by atoms with Gasteiger partial charge in [0.05, 0.1) is 6.04 Å². The highest BCUT2D eigenvalue weighted by molar-refractivity contribution is 5.89. The summed E-state index contributed by atoms with van der Waals surface area (Å²) in [6.45, 7) is 5.36. The second-order valence-electron chi connectivity index (χ2n) is 6.80. The van der Waals surface area contributed by atoms with Crippen LogP contribution in [-0.2, 0) is 4.79 Å². The Kier molecular flexibility index (Phi) is 6.61. The molecule has 1 aliphatic heterocycles. The minimum Gasteiger partial charge on any atom is -0.352 e. The number of anilines is 1. The van der Waals surface area contributed by atoms with E-state index in [1.54, 1.807) is 4.90 Å². The molecule has 1 aromatic rings. The van der Waals surface area contributed by atoms with Gasteiger partial charge >= 0.3 is 6.03 Å². The fourth-order valence-electron chi connectivity index (χ4n) is 2.87. The molecule has 4 N–H and O–H groups in total. The number of likely N-dealkylation sites (tertiary alicyclic amines) is 1. The molecule has 0 spiro atoms. The van der Waals surface area contributed by atoms with E-state index in [1.165, 1.54) is 0 Å². The van der Waals surface area contributed by atoms with Crippen molar-refractivity contribution in [3.8, 4) is 0 Å². The van der Waals surface area contributed by atoms with Gasteiger partial charge in [-0.2, -0.15) is 0 Å². The molecule has 0 bridgehead atoms. The van der Waals surface area contributed by atoms with Crippen molar-refractivity contribution >= 4 is 17.6 Å². The highest BCUT2D eigenvalue weighted by atomic mass is 16.2. The predicted molar refractivity (Wildman–Crippen MR) is 95.6 cm³/mol. The van der Waals surface area contributed by atoms with Crippen molar-refractivity contribution in [2.75, 3.05) is 18.4 Å². The summed E-state index contributed by atoms with van der Waals surface area (Å²) in [6.07, 6.45) is 2.19. The maximum absolute atomic E-state index is 12.2. The Hall–Kier alpha value is -2.08. The summed E-state index contributed by atoms with van der Waals surface area (Å²) < 4.78 is 0. The van der Waals surface area contributed by atoms with Crippen molar-refractivity contribution in [2.24, 2.45) is 11.7 Å². The van der Waals surface area contributed by atoms with Crippen molar-refractivity contribution in [3.05, 3.63) is 30.3 Å². The number of carbonyl (C=O) groups excluding carboxylic acids is 2. The summed E-state index contributed by atoms with van der Waals surface area (Å²) in [5.74, 6) is 0.310. The van der Waals surface area contributed by atoms with Crippen LogP contribution in [0.2, 0.25) is 0 Å². The molecule has 0 aromatic heterocycles. The minimum atomic E-state index is -0.454. The average molecular weight is 332 g/mol. The van der Waals surface area contributed by atoms with E-state index in [9.17, 15) is 9.59 Å². The first-order valence-corrected chi connectivity index (χ1v) is 8.62. The van der Waals surface area contributed by atoms with E-state index >= 15 is 0 Å². The van der Waals surface area contributed by atoms with Crippen LogP contribution in [0.4, 0.5) is 10.5 Å². The number of para-hydroxylation sites is 1. The first kappa shape index (κ1) is 18.3. The van der Waals surface area contributed by atoms with E-state index < -0.39 is 6.04 Å².